The third-order valence-electron chi connectivity index (χ3n) is 3.77. The van der Waals surface area contributed by atoms with Gasteiger partial charge in [0.15, 0.2) is 11.7 Å². The first kappa shape index (κ1) is 21.8. The van der Waals surface area contributed by atoms with E-state index in [0.29, 0.717) is 6.92 Å². The average molecular weight is 390 g/mol. The van der Waals surface area contributed by atoms with E-state index >= 15 is 0 Å². The van der Waals surface area contributed by atoms with Gasteiger partial charge in [0.1, 0.15) is 13.2 Å². The number of alkyl halides is 8. The summed E-state index contributed by atoms with van der Waals surface area (Å²) in [5.41, 5.74) is -2.97. The SMILES string of the molecule is CCC(C)(C(=O)OCC1OCC(F)(F)C(O)(C(F)(F)F)O1)C(F)(F)F. The van der Waals surface area contributed by atoms with Crippen LogP contribution in [0.1, 0.15) is 20.3 Å². The normalized spacial score (nSPS) is 29.8. The van der Waals surface area contributed by atoms with Gasteiger partial charge in [-0.05, 0) is 13.3 Å². The number of carbonyl (C=O) groups is 1. The molecular formula is C12H14F8O5. The van der Waals surface area contributed by atoms with Crippen molar-refractivity contribution in [1.82, 2.24) is 0 Å². The first-order valence-corrected chi connectivity index (χ1v) is 6.72. The van der Waals surface area contributed by atoms with Gasteiger partial charge in [0.05, 0.1) is 0 Å². The Kier molecular flexibility index (Phi) is 5.68. The fraction of sp³-hybridized carbons (Fsp3) is 0.917. The van der Waals surface area contributed by atoms with Crippen LogP contribution in [-0.2, 0) is 19.0 Å². The van der Waals surface area contributed by atoms with Crippen LogP contribution in [0.4, 0.5) is 35.1 Å². The summed E-state index contributed by atoms with van der Waals surface area (Å²) in [6, 6.07) is 0. The van der Waals surface area contributed by atoms with Crippen molar-refractivity contribution >= 4 is 5.97 Å². The van der Waals surface area contributed by atoms with Crippen LogP contribution in [0, 0.1) is 5.41 Å². The molecule has 0 aliphatic carbocycles. The molecule has 5 nitrogen and oxygen atoms in total. The molecule has 0 aromatic carbocycles. The first-order chi connectivity index (χ1) is 11.0. The molecule has 0 radical (unpaired) electrons. The van der Waals surface area contributed by atoms with Crippen LogP contribution in [0.3, 0.4) is 0 Å². The molecule has 1 aliphatic heterocycles. The van der Waals surface area contributed by atoms with Crippen molar-refractivity contribution in [3.8, 4) is 0 Å². The lowest BCUT2D eigenvalue weighted by Gasteiger charge is -2.42. The van der Waals surface area contributed by atoms with Crippen molar-refractivity contribution < 1.29 is 59.2 Å². The fourth-order valence-corrected chi connectivity index (χ4v) is 1.73. The van der Waals surface area contributed by atoms with Crippen molar-refractivity contribution in [3.05, 3.63) is 0 Å². The highest BCUT2D eigenvalue weighted by Gasteiger charge is 2.74. The van der Waals surface area contributed by atoms with Crippen LogP contribution in [0.15, 0.2) is 0 Å². The molecule has 0 aromatic heterocycles. The van der Waals surface area contributed by atoms with Gasteiger partial charge in [-0.25, -0.2) is 0 Å². The number of rotatable bonds is 4. The Labute approximate surface area is 135 Å². The molecule has 0 bridgehead atoms. The van der Waals surface area contributed by atoms with Gasteiger partial charge in [-0.3, -0.25) is 4.79 Å². The number of ether oxygens (including phenoxy) is 3. The molecule has 1 heterocycles. The highest BCUT2D eigenvalue weighted by molar-refractivity contribution is 5.77. The summed E-state index contributed by atoms with van der Waals surface area (Å²) >= 11 is 0. The monoisotopic (exact) mass is 390 g/mol. The van der Waals surface area contributed by atoms with E-state index in [0.717, 1.165) is 6.92 Å². The lowest BCUT2D eigenvalue weighted by Crippen LogP contribution is -2.67. The summed E-state index contributed by atoms with van der Waals surface area (Å²) in [5, 5.41) is 9.11. The number of carbonyl (C=O) groups excluding carboxylic acids is 1. The second-order valence-corrected chi connectivity index (χ2v) is 5.49. The summed E-state index contributed by atoms with van der Waals surface area (Å²) in [4.78, 5) is 11.6. The van der Waals surface area contributed by atoms with E-state index < -0.39 is 61.4 Å². The van der Waals surface area contributed by atoms with Gasteiger partial charge in [-0.15, -0.1) is 0 Å². The van der Waals surface area contributed by atoms with Crippen molar-refractivity contribution in [3.63, 3.8) is 0 Å². The topological polar surface area (TPSA) is 65.0 Å². The second kappa shape index (κ2) is 6.50. The number of hydrogen-bond donors (Lipinski definition) is 1. The molecule has 1 rings (SSSR count). The average Bonchev–Trinajstić information content (AvgIpc) is 2.44. The van der Waals surface area contributed by atoms with Gasteiger partial charge in [-0.1, -0.05) is 6.92 Å². The summed E-state index contributed by atoms with van der Waals surface area (Å²) < 4.78 is 115. The molecular weight excluding hydrogens is 376 g/mol. The lowest BCUT2D eigenvalue weighted by atomic mass is 9.87. The number of hydrogen-bond acceptors (Lipinski definition) is 5. The maximum Gasteiger partial charge on any atom is 0.449 e. The summed E-state index contributed by atoms with van der Waals surface area (Å²) in [5.74, 6) is -11.7. The minimum Gasteiger partial charge on any atom is -0.460 e. The van der Waals surface area contributed by atoms with Crippen LogP contribution >= 0.6 is 0 Å². The van der Waals surface area contributed by atoms with Crippen LogP contribution in [0.25, 0.3) is 0 Å². The largest absolute Gasteiger partial charge is 0.460 e. The van der Waals surface area contributed by atoms with E-state index in [1.165, 1.54) is 0 Å². The summed E-state index contributed by atoms with van der Waals surface area (Å²) in [7, 11) is 0. The molecule has 3 atom stereocenters. The molecule has 148 valence electrons. The summed E-state index contributed by atoms with van der Waals surface area (Å²) in [6.45, 7) is -1.79. The van der Waals surface area contributed by atoms with Gasteiger partial charge >= 0.3 is 30.0 Å². The van der Waals surface area contributed by atoms with E-state index in [4.69, 9.17) is 5.11 Å². The van der Waals surface area contributed by atoms with Crippen LogP contribution in [0.5, 0.6) is 0 Å². The molecule has 3 unspecified atom stereocenters. The van der Waals surface area contributed by atoms with Gasteiger partial charge in [0, 0.05) is 0 Å². The highest BCUT2D eigenvalue weighted by Crippen LogP contribution is 2.46. The number of esters is 1. The van der Waals surface area contributed by atoms with E-state index in [-0.39, 0.29) is 0 Å². The maximum atomic E-state index is 13.2. The number of aliphatic hydroxyl groups is 1. The van der Waals surface area contributed by atoms with Crippen molar-refractivity contribution in [2.24, 2.45) is 5.41 Å². The molecule has 0 amide bonds. The third kappa shape index (κ3) is 3.82. The molecule has 0 aromatic rings. The minimum absolute atomic E-state index is 0.498. The number of halogens is 8. The van der Waals surface area contributed by atoms with Crippen molar-refractivity contribution in [1.29, 1.82) is 0 Å². The van der Waals surface area contributed by atoms with Gasteiger partial charge in [-0.2, -0.15) is 35.1 Å². The smallest absolute Gasteiger partial charge is 0.449 e. The predicted octanol–water partition coefficient (Wildman–Crippen LogP) is 2.77. The molecule has 0 spiro atoms. The van der Waals surface area contributed by atoms with E-state index in [2.05, 4.69) is 14.2 Å². The van der Waals surface area contributed by atoms with E-state index in [1.54, 1.807) is 0 Å². The Morgan fingerprint density at radius 2 is 1.76 bits per heavy atom. The molecule has 25 heavy (non-hydrogen) atoms. The Hall–Kier alpha value is -1.21. The zero-order chi connectivity index (χ0) is 19.9. The van der Waals surface area contributed by atoms with Crippen molar-refractivity contribution in [2.75, 3.05) is 13.2 Å². The molecule has 1 N–H and O–H groups in total. The quantitative estimate of drug-likeness (QED) is 0.591. The Morgan fingerprint density at radius 1 is 1.24 bits per heavy atom. The molecule has 13 heteroatoms. The Morgan fingerprint density at radius 3 is 2.16 bits per heavy atom. The Balaban J connectivity index is 2.85. The highest BCUT2D eigenvalue weighted by atomic mass is 19.4. The predicted molar refractivity (Wildman–Crippen MR) is 62.2 cm³/mol. The van der Waals surface area contributed by atoms with Gasteiger partial charge in [0.2, 0.25) is 0 Å². The van der Waals surface area contributed by atoms with Crippen LogP contribution in [-0.4, -0.2) is 54.6 Å². The standard InChI is InChI=1S/C12H14F8O5/c1-3-8(2,11(15,16)17)7(21)23-4-6-24-5-9(13,14)10(22,25-6)12(18,19)20/h6,22H,3-5H2,1-2H3. The molecule has 0 saturated carbocycles. The molecule has 1 saturated heterocycles. The second-order valence-electron chi connectivity index (χ2n) is 5.49. The van der Waals surface area contributed by atoms with Crippen LogP contribution in [0.2, 0.25) is 0 Å². The molecule has 1 aliphatic rings. The Bertz CT molecular complexity index is 505. The van der Waals surface area contributed by atoms with Gasteiger partial charge in [0.25, 0.3) is 0 Å². The lowest BCUT2D eigenvalue weighted by molar-refractivity contribution is -0.490. The maximum absolute atomic E-state index is 13.2. The minimum atomic E-state index is -5.94. The van der Waals surface area contributed by atoms with E-state index in [9.17, 15) is 39.9 Å². The van der Waals surface area contributed by atoms with Gasteiger partial charge < -0.3 is 19.3 Å². The molecule has 1 fully saturated rings. The first-order valence-electron chi connectivity index (χ1n) is 6.72. The van der Waals surface area contributed by atoms with Crippen LogP contribution < -0.4 is 0 Å². The zero-order valence-corrected chi connectivity index (χ0v) is 12.8. The third-order valence-corrected chi connectivity index (χ3v) is 3.77. The zero-order valence-electron chi connectivity index (χ0n) is 12.8. The summed E-state index contributed by atoms with van der Waals surface area (Å²) in [6.07, 6.45) is -14.0. The van der Waals surface area contributed by atoms with E-state index in [1.807, 2.05) is 0 Å². The van der Waals surface area contributed by atoms with Crippen molar-refractivity contribution in [2.45, 2.75) is 50.6 Å². The fourth-order valence-electron chi connectivity index (χ4n) is 1.73.